The first-order valence-electron chi connectivity index (χ1n) is 9.72. The highest BCUT2D eigenvalue weighted by Gasteiger charge is 2.10. The Kier molecular flexibility index (Phi) is 7.30. The molecule has 1 N–H and O–H groups in total. The van der Waals surface area contributed by atoms with E-state index in [2.05, 4.69) is 25.2 Å². The molecule has 150 valence electrons. The first kappa shape index (κ1) is 20.9. The summed E-state index contributed by atoms with van der Waals surface area (Å²) in [6.07, 6.45) is 1.07. The Morgan fingerprint density at radius 2 is 1.72 bits per heavy atom. The molecule has 1 amide bonds. The van der Waals surface area contributed by atoms with E-state index < -0.39 is 5.97 Å². The van der Waals surface area contributed by atoms with E-state index in [0.29, 0.717) is 11.6 Å². The predicted molar refractivity (Wildman–Crippen MR) is 119 cm³/mol. The summed E-state index contributed by atoms with van der Waals surface area (Å²) in [4.78, 5) is 25.0. The molecule has 4 nitrogen and oxygen atoms in total. The van der Waals surface area contributed by atoms with Crippen molar-refractivity contribution in [1.29, 1.82) is 0 Å². The lowest BCUT2D eigenvalue weighted by Crippen LogP contribution is -2.21. The van der Waals surface area contributed by atoms with Gasteiger partial charge in [-0.2, -0.15) is 0 Å². The van der Waals surface area contributed by atoms with Gasteiger partial charge in [0.2, 0.25) is 0 Å². The number of thioether (sulfide) groups is 1. The minimum atomic E-state index is -0.412. The van der Waals surface area contributed by atoms with Crippen LogP contribution in [-0.2, 0) is 14.3 Å². The molecule has 3 aromatic rings. The van der Waals surface area contributed by atoms with Crippen molar-refractivity contribution in [2.75, 3.05) is 17.7 Å². The van der Waals surface area contributed by atoms with Crippen LogP contribution in [0.5, 0.6) is 0 Å². The molecular weight excluding hydrogens is 382 g/mol. The normalized spacial score (nSPS) is 11.8. The highest BCUT2D eigenvalue weighted by atomic mass is 32.2. The second-order valence-corrected chi connectivity index (χ2v) is 7.99. The fourth-order valence-corrected chi connectivity index (χ4v) is 3.66. The molecule has 0 bridgehead atoms. The average Bonchev–Trinajstić information content (AvgIpc) is 2.76. The molecular formula is C24H25NO3S. The average molecular weight is 408 g/mol. The number of amides is 1. The van der Waals surface area contributed by atoms with E-state index in [1.165, 1.54) is 17.3 Å². The first-order valence-corrected chi connectivity index (χ1v) is 10.7. The number of rotatable bonds is 8. The van der Waals surface area contributed by atoms with Gasteiger partial charge in [0.15, 0.2) is 6.61 Å². The van der Waals surface area contributed by atoms with Gasteiger partial charge in [-0.3, -0.25) is 9.59 Å². The third-order valence-electron chi connectivity index (χ3n) is 4.82. The van der Waals surface area contributed by atoms with Gasteiger partial charge in [-0.1, -0.05) is 56.3 Å². The Morgan fingerprint density at radius 3 is 2.45 bits per heavy atom. The molecule has 29 heavy (non-hydrogen) atoms. The zero-order valence-corrected chi connectivity index (χ0v) is 17.5. The molecule has 5 heteroatoms. The third kappa shape index (κ3) is 6.09. The van der Waals surface area contributed by atoms with E-state index >= 15 is 0 Å². The summed E-state index contributed by atoms with van der Waals surface area (Å²) in [5.41, 5.74) is 1.94. The molecule has 0 unspecified atom stereocenters. The van der Waals surface area contributed by atoms with Gasteiger partial charge < -0.3 is 10.1 Å². The van der Waals surface area contributed by atoms with E-state index in [1.807, 2.05) is 60.7 Å². The van der Waals surface area contributed by atoms with Crippen LogP contribution in [0.1, 0.15) is 31.7 Å². The highest BCUT2D eigenvalue weighted by Crippen LogP contribution is 2.24. The van der Waals surface area contributed by atoms with E-state index in [9.17, 15) is 9.59 Å². The Labute approximate surface area is 175 Å². The maximum Gasteiger partial charge on any atom is 0.316 e. The Hall–Kier alpha value is -2.79. The van der Waals surface area contributed by atoms with E-state index in [4.69, 9.17) is 4.74 Å². The quantitative estimate of drug-likeness (QED) is 0.388. The van der Waals surface area contributed by atoms with Crippen molar-refractivity contribution < 1.29 is 14.3 Å². The second kappa shape index (κ2) is 10.1. The summed E-state index contributed by atoms with van der Waals surface area (Å²) in [6.45, 7) is 4.03. The van der Waals surface area contributed by atoms with Crippen molar-refractivity contribution in [3.63, 3.8) is 0 Å². The van der Waals surface area contributed by atoms with Gasteiger partial charge in [0.1, 0.15) is 0 Å². The minimum Gasteiger partial charge on any atom is -0.455 e. The van der Waals surface area contributed by atoms with Gasteiger partial charge in [0, 0.05) is 10.6 Å². The maximum atomic E-state index is 12.0. The van der Waals surface area contributed by atoms with Crippen molar-refractivity contribution in [2.45, 2.75) is 31.1 Å². The number of carbonyl (C=O) groups is 2. The number of ether oxygens (including phenoxy) is 1. The van der Waals surface area contributed by atoms with Crippen LogP contribution < -0.4 is 5.32 Å². The zero-order chi connectivity index (χ0) is 20.6. The molecule has 0 aliphatic rings. The van der Waals surface area contributed by atoms with Gasteiger partial charge in [0.25, 0.3) is 5.91 Å². The summed E-state index contributed by atoms with van der Waals surface area (Å²) < 4.78 is 5.09. The van der Waals surface area contributed by atoms with Crippen LogP contribution >= 0.6 is 11.8 Å². The number of nitrogens with one attached hydrogen (secondary N) is 1. The molecule has 0 saturated heterocycles. The monoisotopic (exact) mass is 407 g/mol. The standard InChI is InChI=1S/C24H25NO3S/c1-3-17(2)18-8-11-21(12-9-18)25-23(26)15-28-24(27)16-29-22-13-10-19-6-4-5-7-20(19)14-22/h4-14,17H,3,15-16H2,1-2H3,(H,25,26)/t17-/m0/s1. The Morgan fingerprint density at radius 1 is 1.00 bits per heavy atom. The molecule has 0 spiro atoms. The molecule has 0 aromatic heterocycles. The number of hydrogen-bond donors (Lipinski definition) is 1. The second-order valence-electron chi connectivity index (χ2n) is 6.94. The fourth-order valence-electron chi connectivity index (χ4n) is 2.91. The molecule has 0 heterocycles. The lowest BCUT2D eigenvalue weighted by Gasteiger charge is -2.10. The number of anilines is 1. The minimum absolute atomic E-state index is 0.162. The van der Waals surface area contributed by atoms with Crippen molar-refractivity contribution >= 4 is 40.1 Å². The zero-order valence-electron chi connectivity index (χ0n) is 16.7. The summed E-state index contributed by atoms with van der Waals surface area (Å²) in [5.74, 6) is -0.105. The van der Waals surface area contributed by atoms with Crippen LogP contribution in [0, 0.1) is 0 Å². The lowest BCUT2D eigenvalue weighted by atomic mass is 9.99. The molecule has 3 aromatic carbocycles. The topological polar surface area (TPSA) is 55.4 Å². The highest BCUT2D eigenvalue weighted by molar-refractivity contribution is 8.00. The van der Waals surface area contributed by atoms with Gasteiger partial charge in [-0.15, -0.1) is 11.8 Å². The van der Waals surface area contributed by atoms with Crippen LogP contribution in [0.15, 0.2) is 71.6 Å². The molecule has 3 rings (SSSR count). The number of carbonyl (C=O) groups excluding carboxylic acids is 2. The predicted octanol–water partition coefficient (Wildman–Crippen LogP) is 5.63. The smallest absolute Gasteiger partial charge is 0.316 e. The van der Waals surface area contributed by atoms with E-state index in [-0.39, 0.29) is 18.3 Å². The van der Waals surface area contributed by atoms with Crippen molar-refractivity contribution in [1.82, 2.24) is 0 Å². The third-order valence-corrected chi connectivity index (χ3v) is 5.79. The largest absolute Gasteiger partial charge is 0.455 e. The van der Waals surface area contributed by atoms with E-state index in [0.717, 1.165) is 22.1 Å². The Balaban J connectivity index is 1.43. The van der Waals surface area contributed by atoms with Crippen molar-refractivity contribution in [3.8, 4) is 0 Å². The SMILES string of the molecule is CC[C@H](C)c1ccc(NC(=O)COC(=O)CSc2ccc3ccccc3c2)cc1. The number of benzene rings is 3. The van der Waals surface area contributed by atoms with Crippen LogP contribution in [0.2, 0.25) is 0 Å². The molecule has 0 aliphatic carbocycles. The maximum absolute atomic E-state index is 12.0. The summed E-state index contributed by atoms with van der Waals surface area (Å²) in [5, 5.41) is 5.04. The number of hydrogen-bond acceptors (Lipinski definition) is 4. The summed E-state index contributed by atoms with van der Waals surface area (Å²) in [6, 6.07) is 21.9. The van der Waals surface area contributed by atoms with Gasteiger partial charge >= 0.3 is 5.97 Å². The lowest BCUT2D eigenvalue weighted by molar-refractivity contribution is -0.144. The number of esters is 1. The number of fused-ring (bicyclic) bond motifs is 1. The van der Waals surface area contributed by atoms with E-state index in [1.54, 1.807) is 0 Å². The summed E-state index contributed by atoms with van der Waals surface area (Å²) >= 11 is 1.40. The molecule has 0 saturated carbocycles. The van der Waals surface area contributed by atoms with Crippen LogP contribution in [0.25, 0.3) is 10.8 Å². The Bertz CT molecular complexity index is 985. The molecule has 0 aliphatic heterocycles. The van der Waals surface area contributed by atoms with Gasteiger partial charge in [0.05, 0.1) is 5.75 Å². The molecule has 0 fully saturated rings. The molecule has 0 radical (unpaired) electrons. The van der Waals surface area contributed by atoms with Gasteiger partial charge in [-0.25, -0.2) is 0 Å². The van der Waals surface area contributed by atoms with Crippen LogP contribution in [0.3, 0.4) is 0 Å². The molecule has 1 atom stereocenters. The van der Waals surface area contributed by atoms with Crippen molar-refractivity contribution in [2.24, 2.45) is 0 Å². The fraction of sp³-hybridized carbons (Fsp3) is 0.250. The van der Waals surface area contributed by atoms with Crippen LogP contribution in [-0.4, -0.2) is 24.2 Å². The van der Waals surface area contributed by atoms with Crippen molar-refractivity contribution in [3.05, 3.63) is 72.3 Å². The van der Waals surface area contributed by atoms with Gasteiger partial charge in [-0.05, 0) is 52.9 Å². The van der Waals surface area contributed by atoms with Crippen LogP contribution in [0.4, 0.5) is 5.69 Å². The summed E-state index contributed by atoms with van der Waals surface area (Å²) in [7, 11) is 0. The first-order chi connectivity index (χ1) is 14.0.